The standard InChI is InChI=1S/C30H32FNO2/c1-18-6-8-19(9-7-18)26-27-22(14-29(2,3)16-24(27)33)32(21-12-10-20(31)11-13-21)23-15-30(4,5)17-25(34)28(23)26/h6-13,26H,14-17H2,1-5H3. The quantitative estimate of drug-likeness (QED) is 0.486. The van der Waals surface area contributed by atoms with E-state index in [1.54, 1.807) is 12.1 Å². The fourth-order valence-corrected chi connectivity index (χ4v) is 5.96. The fourth-order valence-electron chi connectivity index (χ4n) is 5.96. The minimum absolute atomic E-state index is 0.105. The van der Waals surface area contributed by atoms with Crippen LogP contribution < -0.4 is 4.90 Å². The van der Waals surface area contributed by atoms with Crippen LogP contribution in [0, 0.1) is 23.6 Å². The topological polar surface area (TPSA) is 37.4 Å². The SMILES string of the molecule is Cc1ccc(C2C3=C(CC(C)(C)CC3=O)N(c3ccc(F)cc3)C3=C2C(=O)CC(C)(C)C3)cc1. The highest BCUT2D eigenvalue weighted by Crippen LogP contribution is 2.55. The zero-order chi connectivity index (χ0) is 24.4. The van der Waals surface area contributed by atoms with E-state index in [4.69, 9.17) is 0 Å². The third-order valence-corrected chi connectivity index (χ3v) is 7.41. The van der Waals surface area contributed by atoms with Crippen LogP contribution in [0.15, 0.2) is 71.1 Å². The maximum atomic E-state index is 13.9. The van der Waals surface area contributed by atoms with Crippen molar-refractivity contribution in [3.8, 4) is 0 Å². The van der Waals surface area contributed by atoms with E-state index >= 15 is 0 Å². The highest BCUT2D eigenvalue weighted by Gasteiger charge is 2.49. The fraction of sp³-hybridized carbons (Fsp3) is 0.400. The molecule has 2 aromatic carbocycles. The lowest BCUT2D eigenvalue weighted by Gasteiger charge is -2.49. The second-order valence-electron chi connectivity index (χ2n) is 11.8. The van der Waals surface area contributed by atoms with Crippen molar-refractivity contribution >= 4 is 17.3 Å². The van der Waals surface area contributed by atoms with Crippen molar-refractivity contribution in [1.29, 1.82) is 0 Å². The first-order chi connectivity index (χ1) is 16.0. The molecule has 1 aliphatic heterocycles. The molecule has 3 nitrogen and oxygen atoms in total. The van der Waals surface area contributed by atoms with Crippen molar-refractivity contribution in [3.63, 3.8) is 0 Å². The number of rotatable bonds is 2. The summed E-state index contributed by atoms with van der Waals surface area (Å²) in [6.07, 6.45) is 2.35. The molecule has 2 aliphatic carbocycles. The van der Waals surface area contributed by atoms with E-state index in [1.807, 2.05) is 6.92 Å². The Morgan fingerprint density at radius 2 is 1.21 bits per heavy atom. The number of benzene rings is 2. The number of ketones is 2. The molecule has 0 N–H and O–H groups in total. The van der Waals surface area contributed by atoms with Crippen molar-refractivity contribution in [1.82, 2.24) is 0 Å². The van der Waals surface area contributed by atoms with Crippen LogP contribution in [0.5, 0.6) is 0 Å². The predicted octanol–water partition coefficient (Wildman–Crippen LogP) is 7.02. The number of aryl methyl sites for hydroxylation is 1. The van der Waals surface area contributed by atoms with E-state index in [0.717, 1.165) is 52.2 Å². The Hall–Kier alpha value is -3.01. The molecule has 0 fully saturated rings. The molecule has 0 bridgehead atoms. The molecule has 0 saturated heterocycles. The first kappa shape index (κ1) is 22.8. The number of carbonyl (C=O) groups is 2. The first-order valence-corrected chi connectivity index (χ1v) is 12.1. The minimum Gasteiger partial charge on any atom is -0.317 e. The van der Waals surface area contributed by atoms with Crippen LogP contribution in [-0.2, 0) is 9.59 Å². The Bertz CT molecular complexity index is 1190. The summed E-state index contributed by atoms with van der Waals surface area (Å²) >= 11 is 0. The lowest BCUT2D eigenvalue weighted by Crippen LogP contribution is -2.44. The highest BCUT2D eigenvalue weighted by atomic mass is 19.1. The summed E-state index contributed by atoms with van der Waals surface area (Å²) in [4.78, 5) is 29.6. The number of anilines is 1. The van der Waals surface area contributed by atoms with Gasteiger partial charge in [-0.05, 0) is 60.4 Å². The second kappa shape index (κ2) is 7.76. The van der Waals surface area contributed by atoms with E-state index in [2.05, 4.69) is 56.9 Å². The monoisotopic (exact) mass is 457 g/mol. The highest BCUT2D eigenvalue weighted by molar-refractivity contribution is 6.08. The summed E-state index contributed by atoms with van der Waals surface area (Å²) in [7, 11) is 0. The number of carbonyl (C=O) groups excluding carboxylic acids is 2. The average molecular weight is 458 g/mol. The largest absolute Gasteiger partial charge is 0.317 e. The molecule has 0 radical (unpaired) electrons. The van der Waals surface area contributed by atoms with Gasteiger partial charge in [-0.3, -0.25) is 9.59 Å². The van der Waals surface area contributed by atoms with Crippen LogP contribution in [0.1, 0.15) is 70.4 Å². The molecular formula is C30H32FNO2. The Balaban J connectivity index is 1.82. The van der Waals surface area contributed by atoms with Crippen molar-refractivity contribution < 1.29 is 14.0 Å². The summed E-state index contributed by atoms with van der Waals surface area (Å²) < 4.78 is 13.9. The van der Waals surface area contributed by atoms with Crippen LogP contribution in [0.3, 0.4) is 0 Å². The van der Waals surface area contributed by atoms with Gasteiger partial charge in [0, 0.05) is 47.0 Å². The zero-order valence-corrected chi connectivity index (χ0v) is 20.7. The van der Waals surface area contributed by atoms with E-state index in [9.17, 15) is 14.0 Å². The minimum atomic E-state index is -0.352. The van der Waals surface area contributed by atoms with Gasteiger partial charge in [-0.25, -0.2) is 4.39 Å². The molecule has 2 aromatic rings. The Morgan fingerprint density at radius 3 is 1.68 bits per heavy atom. The molecule has 4 heteroatoms. The zero-order valence-electron chi connectivity index (χ0n) is 20.7. The van der Waals surface area contributed by atoms with Crippen molar-refractivity contribution in [2.24, 2.45) is 10.8 Å². The molecule has 0 unspecified atom stereocenters. The van der Waals surface area contributed by atoms with E-state index in [0.29, 0.717) is 12.8 Å². The number of halogens is 1. The molecule has 0 atom stereocenters. The van der Waals surface area contributed by atoms with Gasteiger partial charge in [-0.15, -0.1) is 0 Å². The van der Waals surface area contributed by atoms with Crippen LogP contribution in [0.25, 0.3) is 0 Å². The summed E-state index contributed by atoms with van der Waals surface area (Å²) in [5.74, 6) is -0.447. The molecule has 34 heavy (non-hydrogen) atoms. The molecular weight excluding hydrogens is 425 g/mol. The van der Waals surface area contributed by atoms with Gasteiger partial charge in [-0.1, -0.05) is 57.5 Å². The molecule has 176 valence electrons. The molecule has 5 rings (SSSR count). The molecule has 0 aromatic heterocycles. The Morgan fingerprint density at radius 1 is 0.735 bits per heavy atom. The van der Waals surface area contributed by atoms with E-state index in [1.165, 1.54) is 12.1 Å². The summed E-state index contributed by atoms with van der Waals surface area (Å²) in [5.41, 5.74) is 5.94. The number of allylic oxidation sites excluding steroid dienone is 4. The van der Waals surface area contributed by atoms with Gasteiger partial charge in [0.2, 0.25) is 0 Å². The summed E-state index contributed by atoms with van der Waals surface area (Å²) in [6.45, 7) is 10.5. The van der Waals surface area contributed by atoms with Gasteiger partial charge < -0.3 is 4.90 Å². The normalized spacial score (nSPS) is 22.1. The first-order valence-electron chi connectivity index (χ1n) is 12.1. The van der Waals surface area contributed by atoms with Crippen LogP contribution in [0.4, 0.5) is 10.1 Å². The van der Waals surface area contributed by atoms with Crippen LogP contribution in [0.2, 0.25) is 0 Å². The van der Waals surface area contributed by atoms with Crippen molar-refractivity contribution in [3.05, 3.63) is 88.0 Å². The van der Waals surface area contributed by atoms with Gasteiger partial charge in [0.1, 0.15) is 5.82 Å². The van der Waals surface area contributed by atoms with Crippen LogP contribution >= 0.6 is 0 Å². The number of Topliss-reactive ketones (excluding diaryl/α,β-unsaturated/α-hetero) is 2. The number of hydrogen-bond acceptors (Lipinski definition) is 3. The van der Waals surface area contributed by atoms with E-state index < -0.39 is 0 Å². The molecule has 1 heterocycles. The summed E-state index contributed by atoms with van der Waals surface area (Å²) in [5, 5.41) is 0. The van der Waals surface area contributed by atoms with Gasteiger partial charge >= 0.3 is 0 Å². The maximum Gasteiger partial charge on any atom is 0.162 e. The van der Waals surface area contributed by atoms with Gasteiger partial charge in [0.05, 0.1) is 0 Å². The smallest absolute Gasteiger partial charge is 0.162 e. The molecule has 0 spiro atoms. The number of nitrogens with zero attached hydrogens (tertiary/aromatic N) is 1. The summed E-state index contributed by atoms with van der Waals surface area (Å²) in [6, 6.07) is 14.6. The molecule has 3 aliphatic rings. The third-order valence-electron chi connectivity index (χ3n) is 7.41. The van der Waals surface area contributed by atoms with Gasteiger partial charge in [0.15, 0.2) is 11.6 Å². The van der Waals surface area contributed by atoms with Gasteiger partial charge in [-0.2, -0.15) is 0 Å². The second-order valence-corrected chi connectivity index (χ2v) is 11.8. The van der Waals surface area contributed by atoms with Gasteiger partial charge in [0.25, 0.3) is 0 Å². The van der Waals surface area contributed by atoms with E-state index in [-0.39, 0.29) is 34.1 Å². The Labute approximate surface area is 201 Å². The molecule has 0 saturated carbocycles. The van der Waals surface area contributed by atoms with Crippen LogP contribution in [-0.4, -0.2) is 11.6 Å². The average Bonchev–Trinajstić information content (AvgIpc) is 2.72. The third kappa shape index (κ3) is 3.83. The van der Waals surface area contributed by atoms with Crippen molar-refractivity contribution in [2.75, 3.05) is 4.90 Å². The lowest BCUT2D eigenvalue weighted by atomic mass is 9.63. The Kier molecular flexibility index (Phi) is 5.20. The molecule has 0 amide bonds. The predicted molar refractivity (Wildman–Crippen MR) is 133 cm³/mol. The van der Waals surface area contributed by atoms with Crippen molar-refractivity contribution in [2.45, 2.75) is 66.2 Å². The maximum absolute atomic E-state index is 13.9. The lowest BCUT2D eigenvalue weighted by molar-refractivity contribution is -0.119. The number of hydrogen-bond donors (Lipinski definition) is 0.